The highest BCUT2D eigenvalue weighted by atomic mass is 16.6. The van der Waals surface area contributed by atoms with Gasteiger partial charge in [0, 0.05) is 19.3 Å². The van der Waals surface area contributed by atoms with Gasteiger partial charge in [-0.3, -0.25) is 14.4 Å². The summed E-state index contributed by atoms with van der Waals surface area (Å²) in [7, 11) is 0. The molecule has 0 aliphatic rings. The van der Waals surface area contributed by atoms with Crippen molar-refractivity contribution in [2.75, 3.05) is 13.2 Å². The largest absolute Gasteiger partial charge is 0.462 e. The van der Waals surface area contributed by atoms with Gasteiger partial charge in [0.05, 0.1) is 0 Å². The highest BCUT2D eigenvalue weighted by Crippen LogP contribution is 2.16. The summed E-state index contributed by atoms with van der Waals surface area (Å²) in [6.07, 6.45) is 66.7. The van der Waals surface area contributed by atoms with Crippen LogP contribution in [0.5, 0.6) is 0 Å². The van der Waals surface area contributed by atoms with E-state index >= 15 is 0 Å². The van der Waals surface area contributed by atoms with Crippen molar-refractivity contribution >= 4 is 17.9 Å². The SMILES string of the molecule is CCCCC/C=C\C/C=C\C/C=C\CCCCC(=O)O[C@H](COC(=O)CCCCCCC/C=C\CCCCCCC)COC(=O)CCCCCCCCCCCCCCCCCCCCC. The van der Waals surface area contributed by atoms with Gasteiger partial charge in [-0.2, -0.15) is 0 Å². The maximum atomic E-state index is 12.8. The van der Waals surface area contributed by atoms with Crippen LogP contribution < -0.4 is 0 Å². The van der Waals surface area contributed by atoms with E-state index in [1.165, 1.54) is 180 Å². The lowest BCUT2D eigenvalue weighted by atomic mass is 10.0. The lowest BCUT2D eigenvalue weighted by Gasteiger charge is -2.18. The summed E-state index contributed by atoms with van der Waals surface area (Å²) in [6.45, 7) is 6.60. The Bertz CT molecular complexity index is 1150. The molecule has 0 saturated carbocycles. The first-order chi connectivity index (χ1) is 32.5. The van der Waals surface area contributed by atoms with Crippen molar-refractivity contribution in [2.45, 2.75) is 303 Å². The van der Waals surface area contributed by atoms with E-state index in [1.807, 2.05) is 0 Å². The predicted octanol–water partition coefficient (Wildman–Crippen LogP) is 19.0. The van der Waals surface area contributed by atoms with Gasteiger partial charge in [0.25, 0.3) is 0 Å². The van der Waals surface area contributed by atoms with Crippen LogP contribution in [0.3, 0.4) is 0 Å². The predicted molar refractivity (Wildman–Crippen MR) is 284 cm³/mol. The number of unbranched alkanes of at least 4 members (excludes halogenated alkanes) is 33. The Morgan fingerprint density at radius 1 is 0.303 bits per heavy atom. The molecule has 0 radical (unpaired) electrons. The molecular formula is C60H108O6. The maximum Gasteiger partial charge on any atom is 0.306 e. The Labute approximate surface area is 409 Å². The lowest BCUT2D eigenvalue weighted by Crippen LogP contribution is -2.30. The molecule has 0 rings (SSSR count). The van der Waals surface area contributed by atoms with Crippen molar-refractivity contribution in [2.24, 2.45) is 0 Å². The highest BCUT2D eigenvalue weighted by molar-refractivity contribution is 5.71. The fourth-order valence-electron chi connectivity index (χ4n) is 8.21. The summed E-state index contributed by atoms with van der Waals surface area (Å²) in [6, 6.07) is 0. The van der Waals surface area contributed by atoms with E-state index in [-0.39, 0.29) is 37.5 Å². The number of carbonyl (C=O) groups excluding carboxylic acids is 3. The molecule has 0 unspecified atom stereocenters. The van der Waals surface area contributed by atoms with E-state index in [2.05, 4.69) is 69.4 Å². The number of hydrogen-bond acceptors (Lipinski definition) is 6. The quantitative estimate of drug-likeness (QED) is 0.0262. The molecule has 384 valence electrons. The second kappa shape index (κ2) is 55.0. The normalized spacial score (nSPS) is 12.3. The molecule has 0 aromatic rings. The fourth-order valence-corrected chi connectivity index (χ4v) is 8.21. The number of allylic oxidation sites excluding steroid dienone is 8. The summed E-state index contributed by atoms with van der Waals surface area (Å²) < 4.78 is 16.8. The smallest absolute Gasteiger partial charge is 0.306 e. The van der Waals surface area contributed by atoms with Crippen molar-refractivity contribution in [3.05, 3.63) is 48.6 Å². The van der Waals surface area contributed by atoms with E-state index in [1.54, 1.807) is 0 Å². The van der Waals surface area contributed by atoms with Crippen LogP contribution in [0.15, 0.2) is 48.6 Å². The summed E-state index contributed by atoms with van der Waals surface area (Å²) in [5, 5.41) is 0. The molecule has 0 aliphatic carbocycles. The minimum Gasteiger partial charge on any atom is -0.462 e. The summed E-state index contributed by atoms with van der Waals surface area (Å²) in [5.41, 5.74) is 0. The van der Waals surface area contributed by atoms with Crippen LogP contribution in [0.2, 0.25) is 0 Å². The topological polar surface area (TPSA) is 78.9 Å². The van der Waals surface area contributed by atoms with Crippen LogP contribution >= 0.6 is 0 Å². The van der Waals surface area contributed by atoms with Gasteiger partial charge in [0.2, 0.25) is 0 Å². The molecule has 6 heteroatoms. The molecule has 0 bridgehead atoms. The molecule has 0 aliphatic heterocycles. The minimum absolute atomic E-state index is 0.0881. The second-order valence-corrected chi connectivity index (χ2v) is 19.2. The van der Waals surface area contributed by atoms with Gasteiger partial charge in [-0.15, -0.1) is 0 Å². The average Bonchev–Trinajstić information content (AvgIpc) is 3.31. The molecule has 0 fully saturated rings. The average molecular weight is 926 g/mol. The van der Waals surface area contributed by atoms with E-state index < -0.39 is 6.10 Å². The zero-order valence-electron chi connectivity index (χ0n) is 44.0. The first kappa shape index (κ1) is 63.4. The molecular weight excluding hydrogens is 817 g/mol. The van der Waals surface area contributed by atoms with Gasteiger partial charge < -0.3 is 14.2 Å². The van der Waals surface area contributed by atoms with Gasteiger partial charge in [0.15, 0.2) is 6.10 Å². The van der Waals surface area contributed by atoms with E-state index in [4.69, 9.17) is 14.2 Å². The van der Waals surface area contributed by atoms with Crippen LogP contribution in [0.4, 0.5) is 0 Å². The van der Waals surface area contributed by atoms with Crippen LogP contribution in [0.1, 0.15) is 297 Å². The van der Waals surface area contributed by atoms with Crippen LogP contribution in [0.25, 0.3) is 0 Å². The van der Waals surface area contributed by atoms with E-state index in [0.29, 0.717) is 19.3 Å². The zero-order valence-corrected chi connectivity index (χ0v) is 44.0. The second-order valence-electron chi connectivity index (χ2n) is 19.2. The molecule has 1 atom stereocenters. The summed E-state index contributed by atoms with van der Waals surface area (Å²) in [4.78, 5) is 38.1. The molecule has 0 aromatic heterocycles. The number of esters is 3. The molecule has 0 heterocycles. The summed E-state index contributed by atoms with van der Waals surface area (Å²) in [5.74, 6) is -0.922. The Hall–Kier alpha value is -2.63. The third kappa shape index (κ3) is 52.3. The van der Waals surface area contributed by atoms with E-state index in [0.717, 1.165) is 70.6 Å². The standard InChI is InChI=1S/C60H108O6/c1-4-7-10-13-16-19-22-25-28-29-30-31-33-35-38-41-44-47-50-53-59(62)65-56-57(55-64-58(61)52-49-46-43-40-37-34-27-24-21-18-15-12-9-6-3)66-60(63)54-51-48-45-42-39-36-32-26-23-20-17-14-11-8-5-2/h17,20,24,26-27,32,39,42,57H,4-16,18-19,21-23,25,28-31,33-38,40-41,43-56H2,1-3H3/b20-17-,27-24-,32-26-,42-39-/t57-/m1/s1. The van der Waals surface area contributed by atoms with Crippen LogP contribution in [-0.2, 0) is 28.6 Å². The molecule has 66 heavy (non-hydrogen) atoms. The Morgan fingerprint density at radius 3 is 0.924 bits per heavy atom. The van der Waals surface area contributed by atoms with Gasteiger partial charge in [-0.05, 0) is 83.5 Å². The van der Waals surface area contributed by atoms with Crippen LogP contribution in [0, 0.1) is 0 Å². The zero-order chi connectivity index (χ0) is 47.9. The fraction of sp³-hybridized carbons (Fsp3) is 0.817. The first-order valence-corrected chi connectivity index (χ1v) is 28.6. The monoisotopic (exact) mass is 925 g/mol. The Morgan fingerprint density at radius 2 is 0.545 bits per heavy atom. The minimum atomic E-state index is -0.794. The van der Waals surface area contributed by atoms with Gasteiger partial charge in [-0.1, -0.05) is 243 Å². The number of hydrogen-bond donors (Lipinski definition) is 0. The molecule has 0 aromatic carbocycles. The van der Waals surface area contributed by atoms with Gasteiger partial charge >= 0.3 is 17.9 Å². The molecule has 0 spiro atoms. The van der Waals surface area contributed by atoms with Crippen molar-refractivity contribution < 1.29 is 28.6 Å². The number of ether oxygens (including phenoxy) is 3. The first-order valence-electron chi connectivity index (χ1n) is 28.6. The third-order valence-electron chi connectivity index (χ3n) is 12.6. The lowest BCUT2D eigenvalue weighted by molar-refractivity contribution is -0.167. The molecule has 6 nitrogen and oxygen atoms in total. The Balaban J connectivity index is 4.38. The Kier molecular flexibility index (Phi) is 52.8. The van der Waals surface area contributed by atoms with Crippen LogP contribution in [-0.4, -0.2) is 37.2 Å². The van der Waals surface area contributed by atoms with Crippen molar-refractivity contribution in [3.63, 3.8) is 0 Å². The van der Waals surface area contributed by atoms with Gasteiger partial charge in [0.1, 0.15) is 13.2 Å². The summed E-state index contributed by atoms with van der Waals surface area (Å²) >= 11 is 0. The van der Waals surface area contributed by atoms with E-state index in [9.17, 15) is 14.4 Å². The third-order valence-corrected chi connectivity index (χ3v) is 12.6. The highest BCUT2D eigenvalue weighted by Gasteiger charge is 2.19. The maximum absolute atomic E-state index is 12.8. The molecule has 0 amide bonds. The van der Waals surface area contributed by atoms with Crippen molar-refractivity contribution in [1.82, 2.24) is 0 Å². The van der Waals surface area contributed by atoms with Crippen molar-refractivity contribution in [1.29, 1.82) is 0 Å². The molecule has 0 saturated heterocycles. The number of rotatable bonds is 52. The number of carbonyl (C=O) groups is 3. The van der Waals surface area contributed by atoms with Crippen molar-refractivity contribution in [3.8, 4) is 0 Å². The molecule has 0 N–H and O–H groups in total. The van der Waals surface area contributed by atoms with Gasteiger partial charge in [-0.25, -0.2) is 0 Å².